The highest BCUT2D eigenvalue weighted by Crippen LogP contribution is 1.93. The van der Waals surface area contributed by atoms with Crippen LogP contribution in [-0.2, 0) is 0 Å². The molecule has 0 aromatic rings. The van der Waals surface area contributed by atoms with E-state index in [0.29, 0.717) is 32.7 Å². The first-order chi connectivity index (χ1) is 11.9. The van der Waals surface area contributed by atoms with E-state index >= 15 is 0 Å². The molecule has 0 bridgehead atoms. The van der Waals surface area contributed by atoms with Crippen molar-refractivity contribution in [1.29, 1.82) is 0 Å². The lowest BCUT2D eigenvalue weighted by Gasteiger charge is -2.20. The van der Waals surface area contributed by atoms with Crippen molar-refractivity contribution in [3.63, 3.8) is 0 Å². The van der Waals surface area contributed by atoms with Gasteiger partial charge in [-0.1, -0.05) is 0 Å². The summed E-state index contributed by atoms with van der Waals surface area (Å²) in [5.74, 6) is 0. The van der Waals surface area contributed by atoms with E-state index in [9.17, 15) is 0 Å². The maximum Gasteiger partial charge on any atom is 0.0856 e. The second-order valence-electron chi connectivity index (χ2n) is 5.05. The first kappa shape index (κ1) is 29.3. The molecule has 11 nitrogen and oxygen atoms in total. The first-order valence-electron chi connectivity index (χ1n) is 8.03. The molecule has 0 heterocycles. The molecule has 25 heavy (non-hydrogen) atoms. The van der Waals surface area contributed by atoms with Crippen LogP contribution in [0.4, 0.5) is 0 Å². The van der Waals surface area contributed by atoms with Gasteiger partial charge in [-0.25, -0.2) is 0 Å². The Kier molecular flexibility index (Phi) is 27.6. The van der Waals surface area contributed by atoms with Gasteiger partial charge >= 0.3 is 0 Å². The predicted octanol–water partition coefficient (Wildman–Crippen LogP) is -5.51. The lowest BCUT2D eigenvalue weighted by molar-refractivity contribution is 0.0697. The minimum Gasteiger partial charge on any atom is -0.395 e. The normalized spacial score (nSPS) is 10.8. The Morgan fingerprint density at radius 2 is 0.920 bits per heavy atom. The Morgan fingerprint density at radius 3 is 1.08 bits per heavy atom. The summed E-state index contributed by atoms with van der Waals surface area (Å²) in [6.07, 6.45) is 0. The van der Waals surface area contributed by atoms with Crippen LogP contribution in [0.25, 0.3) is 0 Å². The van der Waals surface area contributed by atoms with Crippen LogP contribution in [0.5, 0.6) is 0 Å². The zero-order valence-electron chi connectivity index (χ0n) is 14.8. The molecule has 0 saturated carbocycles. The number of nitrogens with one attached hydrogen (secondary N) is 1. The Balaban J connectivity index is -0.000000296. The van der Waals surface area contributed by atoms with E-state index in [0.717, 1.165) is 0 Å². The molecule has 0 aliphatic rings. The molecule has 11 N–H and O–H groups in total. The molecule has 0 radical (unpaired) electrons. The molecule has 0 aliphatic heterocycles. The van der Waals surface area contributed by atoms with E-state index in [2.05, 4.69) is 5.32 Å². The van der Waals surface area contributed by atoms with Crippen LogP contribution in [-0.4, -0.2) is 137 Å². The molecule has 0 fully saturated rings. The van der Waals surface area contributed by atoms with Crippen molar-refractivity contribution in [3.8, 4) is 0 Å². The van der Waals surface area contributed by atoms with Crippen LogP contribution in [0.15, 0.2) is 0 Å². The molecule has 156 valence electrons. The minimum atomic E-state index is -1.21. The average molecular weight is 375 g/mol. The molecule has 0 spiro atoms. The summed E-state index contributed by atoms with van der Waals surface area (Å²) in [6, 6.07) is 0. The minimum absolute atomic E-state index is 0.0694. The van der Waals surface area contributed by atoms with Gasteiger partial charge in [0.1, 0.15) is 0 Å². The van der Waals surface area contributed by atoms with E-state index < -0.39 is 25.4 Å². The topological polar surface area (TPSA) is 203 Å². The average Bonchev–Trinajstić information content (AvgIpc) is 2.63. The highest BCUT2D eigenvalue weighted by atomic mass is 16.3. The number of rotatable bonds is 13. The SMILES string of the molecule is NC(CO)(CO)CO.OCCN(CCO)CCO.OCCNCCO. The molecule has 0 amide bonds. The molecule has 0 saturated heterocycles. The van der Waals surface area contributed by atoms with Crippen LogP contribution >= 0.6 is 0 Å². The van der Waals surface area contributed by atoms with Crippen LogP contribution in [0, 0.1) is 0 Å². The van der Waals surface area contributed by atoms with Gasteiger partial charge in [-0.05, 0) is 0 Å². The second-order valence-corrected chi connectivity index (χ2v) is 5.05. The molecule has 0 aliphatic carbocycles. The monoisotopic (exact) mass is 375 g/mol. The van der Waals surface area contributed by atoms with Gasteiger partial charge in [0.15, 0.2) is 0 Å². The van der Waals surface area contributed by atoms with Gasteiger partial charge in [0.2, 0.25) is 0 Å². The van der Waals surface area contributed by atoms with Crippen molar-refractivity contribution < 1.29 is 40.9 Å². The summed E-state index contributed by atoms with van der Waals surface area (Å²) in [7, 11) is 0. The van der Waals surface area contributed by atoms with Crippen LogP contribution in [0.1, 0.15) is 0 Å². The predicted molar refractivity (Wildman–Crippen MR) is 92.9 cm³/mol. The summed E-state index contributed by atoms with van der Waals surface area (Å²) < 4.78 is 0. The Bertz CT molecular complexity index is 210. The van der Waals surface area contributed by atoms with Gasteiger partial charge < -0.3 is 51.9 Å². The molecular weight excluding hydrogens is 338 g/mol. The number of aliphatic hydroxyl groups is 8. The smallest absolute Gasteiger partial charge is 0.0856 e. The van der Waals surface area contributed by atoms with Crippen molar-refractivity contribution in [2.24, 2.45) is 5.73 Å². The van der Waals surface area contributed by atoms with Crippen LogP contribution < -0.4 is 11.1 Å². The molecule has 11 heteroatoms. The van der Waals surface area contributed by atoms with Gasteiger partial charge in [0.25, 0.3) is 0 Å². The third-order valence-corrected chi connectivity index (χ3v) is 2.77. The first-order valence-corrected chi connectivity index (χ1v) is 8.03. The maximum atomic E-state index is 8.48. The van der Waals surface area contributed by atoms with Crippen molar-refractivity contribution >= 4 is 0 Å². The lowest BCUT2D eigenvalue weighted by atomic mass is 10.1. The maximum absolute atomic E-state index is 8.48. The fourth-order valence-corrected chi connectivity index (χ4v) is 1.19. The molecule has 0 rings (SSSR count). The van der Waals surface area contributed by atoms with E-state index in [-0.39, 0.29) is 33.0 Å². The van der Waals surface area contributed by atoms with Crippen molar-refractivity contribution in [3.05, 3.63) is 0 Å². The van der Waals surface area contributed by atoms with Gasteiger partial charge in [0, 0.05) is 32.7 Å². The lowest BCUT2D eigenvalue weighted by Crippen LogP contribution is -2.50. The third kappa shape index (κ3) is 23.6. The summed E-state index contributed by atoms with van der Waals surface area (Å²) in [4.78, 5) is 1.79. The second kappa shape index (κ2) is 23.6. The fraction of sp³-hybridized carbons (Fsp3) is 1.00. The van der Waals surface area contributed by atoms with Crippen molar-refractivity contribution in [2.75, 3.05) is 85.6 Å². The Labute approximate surface area is 148 Å². The molecule has 0 unspecified atom stereocenters. The van der Waals surface area contributed by atoms with Crippen LogP contribution in [0.2, 0.25) is 0 Å². The Hall–Kier alpha value is -0.440. The largest absolute Gasteiger partial charge is 0.395 e. The van der Waals surface area contributed by atoms with Crippen LogP contribution in [0.3, 0.4) is 0 Å². The van der Waals surface area contributed by atoms with Gasteiger partial charge in [-0.15, -0.1) is 0 Å². The number of nitrogens with two attached hydrogens (primary N) is 1. The molecule has 0 aromatic carbocycles. The third-order valence-electron chi connectivity index (χ3n) is 2.77. The molecular formula is C14H37N3O8. The summed E-state index contributed by atoms with van der Waals surface area (Å²) >= 11 is 0. The van der Waals surface area contributed by atoms with Gasteiger partial charge in [-0.2, -0.15) is 0 Å². The van der Waals surface area contributed by atoms with Gasteiger partial charge in [0.05, 0.1) is 58.4 Å². The Morgan fingerprint density at radius 1 is 0.600 bits per heavy atom. The molecule has 0 aromatic heterocycles. The van der Waals surface area contributed by atoms with E-state index in [1.54, 1.807) is 4.90 Å². The number of nitrogens with zero attached hydrogens (tertiary/aromatic N) is 1. The zero-order chi connectivity index (χ0) is 20.0. The zero-order valence-corrected chi connectivity index (χ0v) is 14.8. The van der Waals surface area contributed by atoms with E-state index in [1.807, 2.05) is 0 Å². The fourth-order valence-electron chi connectivity index (χ4n) is 1.19. The number of hydrogen-bond donors (Lipinski definition) is 10. The summed E-state index contributed by atoms with van der Waals surface area (Å²) in [5.41, 5.74) is 3.94. The van der Waals surface area contributed by atoms with Crippen molar-refractivity contribution in [2.45, 2.75) is 5.54 Å². The van der Waals surface area contributed by atoms with Crippen molar-refractivity contribution in [1.82, 2.24) is 10.2 Å². The summed E-state index contributed by atoms with van der Waals surface area (Å²) in [5, 5.41) is 69.6. The van der Waals surface area contributed by atoms with E-state index in [4.69, 9.17) is 46.6 Å². The number of hydrogen-bond acceptors (Lipinski definition) is 11. The highest BCUT2D eigenvalue weighted by molar-refractivity contribution is 4.80. The number of aliphatic hydroxyl groups excluding tert-OH is 8. The van der Waals surface area contributed by atoms with E-state index in [1.165, 1.54) is 0 Å². The molecule has 0 atom stereocenters. The standard InChI is InChI=1S/C6H15NO3.C4H11NO3.C4H11NO2/c8-4-1-7(2-5-9)3-6-10;5-4(1-6,2-7)3-8;6-3-1-5-2-4-7/h8-10H,1-6H2;6-8H,1-3,5H2;5-7H,1-4H2. The quantitative estimate of drug-likeness (QED) is 0.137. The highest BCUT2D eigenvalue weighted by Gasteiger charge is 2.20. The summed E-state index contributed by atoms with van der Waals surface area (Å²) in [6.45, 7) is 1.96. The van der Waals surface area contributed by atoms with Gasteiger partial charge in [-0.3, -0.25) is 4.90 Å².